The van der Waals surface area contributed by atoms with Crippen LogP contribution in [0.25, 0.3) is 22.3 Å². The van der Waals surface area contributed by atoms with Crippen LogP contribution in [0.4, 0.5) is 13.2 Å². The van der Waals surface area contributed by atoms with Crippen molar-refractivity contribution in [1.29, 1.82) is 0 Å². The van der Waals surface area contributed by atoms with Crippen LogP contribution in [0.5, 0.6) is 0 Å². The summed E-state index contributed by atoms with van der Waals surface area (Å²) in [6.45, 7) is 0. The summed E-state index contributed by atoms with van der Waals surface area (Å²) in [5, 5.41) is 0.996. The number of benzene rings is 1. The van der Waals surface area contributed by atoms with E-state index in [1.54, 1.807) is 24.4 Å². The number of nitrogens with one attached hydrogen (secondary N) is 1. The highest BCUT2D eigenvalue weighted by atomic mass is 35.5. The maximum atomic E-state index is 13.0. The zero-order valence-corrected chi connectivity index (χ0v) is 10.8. The summed E-state index contributed by atoms with van der Waals surface area (Å²) >= 11 is 5.82. The van der Waals surface area contributed by atoms with Crippen molar-refractivity contribution in [2.45, 2.75) is 6.18 Å². The van der Waals surface area contributed by atoms with Gasteiger partial charge in [-0.25, -0.2) is 4.98 Å². The summed E-state index contributed by atoms with van der Waals surface area (Å²) in [7, 11) is 0. The van der Waals surface area contributed by atoms with Gasteiger partial charge in [-0.05, 0) is 36.4 Å². The number of aromatic nitrogens is 2. The fourth-order valence-corrected chi connectivity index (χ4v) is 2.26. The van der Waals surface area contributed by atoms with E-state index in [1.165, 1.54) is 12.1 Å². The van der Waals surface area contributed by atoms with Crippen LogP contribution in [0.1, 0.15) is 5.56 Å². The first-order chi connectivity index (χ1) is 9.45. The maximum Gasteiger partial charge on any atom is 0.417 e. The summed E-state index contributed by atoms with van der Waals surface area (Å²) in [6, 6.07) is 8.65. The van der Waals surface area contributed by atoms with E-state index in [0.29, 0.717) is 11.3 Å². The zero-order valence-electron chi connectivity index (χ0n) is 10.0. The van der Waals surface area contributed by atoms with Crippen LogP contribution in [-0.4, -0.2) is 9.97 Å². The van der Waals surface area contributed by atoms with E-state index >= 15 is 0 Å². The Morgan fingerprint density at radius 3 is 2.60 bits per heavy atom. The lowest BCUT2D eigenvalue weighted by molar-refractivity contribution is -0.137. The van der Waals surface area contributed by atoms with Crippen LogP contribution in [-0.2, 0) is 6.18 Å². The molecule has 0 amide bonds. The Labute approximate surface area is 117 Å². The van der Waals surface area contributed by atoms with Gasteiger partial charge in [-0.3, -0.25) is 0 Å². The first kappa shape index (κ1) is 13.0. The molecule has 2 nitrogen and oxygen atoms in total. The van der Waals surface area contributed by atoms with Crippen LogP contribution in [0.3, 0.4) is 0 Å². The number of halogens is 4. The van der Waals surface area contributed by atoms with Crippen molar-refractivity contribution >= 4 is 22.6 Å². The van der Waals surface area contributed by atoms with E-state index in [1.807, 2.05) is 0 Å². The number of aromatic amines is 1. The van der Waals surface area contributed by atoms with Crippen molar-refractivity contribution in [1.82, 2.24) is 9.97 Å². The highest BCUT2D eigenvalue weighted by Gasteiger charge is 2.34. The van der Waals surface area contributed by atoms with Gasteiger partial charge in [0.2, 0.25) is 0 Å². The van der Waals surface area contributed by atoms with Gasteiger partial charge < -0.3 is 4.98 Å². The molecular weight excluding hydrogens is 289 g/mol. The van der Waals surface area contributed by atoms with E-state index < -0.39 is 11.7 Å². The lowest BCUT2D eigenvalue weighted by Gasteiger charge is -2.12. The Balaban J connectivity index is 2.25. The van der Waals surface area contributed by atoms with Gasteiger partial charge >= 0.3 is 6.18 Å². The molecule has 0 saturated carbocycles. The third-order valence-corrected chi connectivity index (χ3v) is 3.20. The van der Waals surface area contributed by atoms with E-state index in [0.717, 1.165) is 11.5 Å². The number of H-pyrrole nitrogens is 1. The number of pyridine rings is 1. The quantitative estimate of drug-likeness (QED) is 0.679. The third kappa shape index (κ3) is 2.25. The van der Waals surface area contributed by atoms with E-state index in [2.05, 4.69) is 9.97 Å². The maximum absolute atomic E-state index is 13.0. The van der Waals surface area contributed by atoms with Gasteiger partial charge in [0.25, 0.3) is 0 Å². The molecule has 0 bridgehead atoms. The third-order valence-electron chi connectivity index (χ3n) is 2.97. The molecule has 0 unspecified atom stereocenters. The summed E-state index contributed by atoms with van der Waals surface area (Å²) in [5.41, 5.74) is 0.167. The molecule has 0 aliphatic heterocycles. The average Bonchev–Trinajstić information content (AvgIpc) is 2.80. The highest BCUT2D eigenvalue weighted by Crippen LogP contribution is 2.38. The van der Waals surface area contributed by atoms with E-state index in [4.69, 9.17) is 11.6 Å². The molecule has 20 heavy (non-hydrogen) atoms. The van der Waals surface area contributed by atoms with Crippen molar-refractivity contribution in [3.05, 3.63) is 53.2 Å². The zero-order chi connectivity index (χ0) is 14.3. The first-order valence-corrected chi connectivity index (χ1v) is 6.14. The predicted molar refractivity (Wildman–Crippen MR) is 71.5 cm³/mol. The normalized spacial score (nSPS) is 12.0. The fourth-order valence-electron chi connectivity index (χ4n) is 2.09. The number of hydrogen-bond donors (Lipinski definition) is 1. The van der Waals surface area contributed by atoms with Gasteiger partial charge in [0, 0.05) is 27.9 Å². The number of nitrogens with zero attached hydrogens (tertiary/aromatic N) is 1. The van der Waals surface area contributed by atoms with Crippen molar-refractivity contribution in [2.75, 3.05) is 0 Å². The molecule has 6 heteroatoms. The minimum Gasteiger partial charge on any atom is -0.339 e. The van der Waals surface area contributed by atoms with Gasteiger partial charge in [0.1, 0.15) is 5.65 Å². The molecule has 102 valence electrons. The molecule has 0 atom stereocenters. The summed E-state index contributed by atoms with van der Waals surface area (Å²) < 4.78 is 39.1. The second kappa shape index (κ2) is 4.52. The summed E-state index contributed by atoms with van der Waals surface area (Å²) in [4.78, 5) is 6.95. The molecule has 1 aromatic carbocycles. The summed E-state index contributed by atoms with van der Waals surface area (Å²) in [5.74, 6) is 0. The van der Waals surface area contributed by atoms with Crippen LogP contribution in [0.2, 0.25) is 5.02 Å². The van der Waals surface area contributed by atoms with Gasteiger partial charge in [-0.1, -0.05) is 11.6 Å². The van der Waals surface area contributed by atoms with Gasteiger partial charge in [-0.2, -0.15) is 13.2 Å². The molecule has 0 aliphatic carbocycles. The molecule has 0 fully saturated rings. The largest absolute Gasteiger partial charge is 0.417 e. The SMILES string of the molecule is FC(F)(F)c1ccc(Cl)cc1-c1cc2cccnc2[nH]1. The first-order valence-electron chi connectivity index (χ1n) is 5.76. The summed E-state index contributed by atoms with van der Waals surface area (Å²) in [6.07, 6.45) is -2.87. The standard InChI is InChI=1S/C14H8ClF3N2/c15-9-3-4-11(14(16,17)18)10(7-9)12-6-8-2-1-5-19-13(8)20-12/h1-7H,(H,19,20). The molecule has 0 saturated heterocycles. The van der Waals surface area contributed by atoms with Gasteiger partial charge in [-0.15, -0.1) is 0 Å². The average molecular weight is 297 g/mol. The Bertz CT molecular complexity index is 744. The topological polar surface area (TPSA) is 28.7 Å². The highest BCUT2D eigenvalue weighted by molar-refractivity contribution is 6.30. The van der Waals surface area contributed by atoms with Crippen molar-refractivity contribution < 1.29 is 13.2 Å². The molecular formula is C14H8ClF3N2. The number of alkyl halides is 3. The molecule has 3 rings (SSSR count). The molecule has 0 spiro atoms. The van der Waals surface area contributed by atoms with Crippen LogP contribution in [0, 0.1) is 0 Å². The lowest BCUT2D eigenvalue weighted by Crippen LogP contribution is -2.07. The second-order valence-electron chi connectivity index (χ2n) is 4.31. The minimum atomic E-state index is -4.44. The monoisotopic (exact) mass is 296 g/mol. The van der Waals surface area contributed by atoms with Crippen LogP contribution in [0.15, 0.2) is 42.6 Å². The smallest absolute Gasteiger partial charge is 0.339 e. The van der Waals surface area contributed by atoms with Gasteiger partial charge in [0.05, 0.1) is 5.56 Å². The fraction of sp³-hybridized carbons (Fsp3) is 0.0714. The molecule has 1 N–H and O–H groups in total. The molecule has 3 aromatic rings. The van der Waals surface area contributed by atoms with Gasteiger partial charge in [0.15, 0.2) is 0 Å². The van der Waals surface area contributed by atoms with E-state index in [9.17, 15) is 13.2 Å². The van der Waals surface area contributed by atoms with Crippen molar-refractivity contribution in [3.8, 4) is 11.3 Å². The van der Waals surface area contributed by atoms with Crippen molar-refractivity contribution in [3.63, 3.8) is 0 Å². The Morgan fingerprint density at radius 2 is 1.90 bits per heavy atom. The molecule has 2 heterocycles. The van der Waals surface area contributed by atoms with E-state index in [-0.39, 0.29) is 10.6 Å². The number of hydrogen-bond acceptors (Lipinski definition) is 1. The molecule has 2 aromatic heterocycles. The number of fused-ring (bicyclic) bond motifs is 1. The van der Waals surface area contributed by atoms with Crippen LogP contribution >= 0.6 is 11.6 Å². The lowest BCUT2D eigenvalue weighted by atomic mass is 10.0. The molecule has 0 aliphatic rings. The minimum absolute atomic E-state index is 0.0167. The second-order valence-corrected chi connectivity index (χ2v) is 4.75. The Kier molecular flexibility index (Phi) is 2.94. The Hall–Kier alpha value is -2.01. The predicted octanol–water partition coefficient (Wildman–Crippen LogP) is 4.90. The Morgan fingerprint density at radius 1 is 1.10 bits per heavy atom. The number of rotatable bonds is 1. The molecule has 0 radical (unpaired) electrons. The van der Waals surface area contributed by atoms with Crippen LogP contribution < -0.4 is 0 Å². The van der Waals surface area contributed by atoms with Crippen molar-refractivity contribution in [2.24, 2.45) is 0 Å².